The molecule has 0 saturated carbocycles. The first-order chi connectivity index (χ1) is 15.0. The van der Waals surface area contributed by atoms with Crippen LogP contribution in [0.2, 0.25) is 0 Å². The Morgan fingerprint density at radius 1 is 1.19 bits per heavy atom. The van der Waals surface area contributed by atoms with Crippen molar-refractivity contribution in [3.63, 3.8) is 0 Å². The van der Waals surface area contributed by atoms with Gasteiger partial charge in [0.25, 0.3) is 0 Å². The van der Waals surface area contributed by atoms with Crippen LogP contribution in [-0.2, 0) is 19.3 Å². The fourth-order valence-corrected chi connectivity index (χ4v) is 3.94. The fraction of sp³-hybridized carbons (Fsp3) is 0.292. The molecule has 1 heterocycles. The largest absolute Gasteiger partial charge is 0.382 e. The van der Waals surface area contributed by atoms with Crippen molar-refractivity contribution in [3.8, 4) is 11.8 Å². The Kier molecular flexibility index (Phi) is 7.75. The van der Waals surface area contributed by atoms with Gasteiger partial charge in [0.1, 0.15) is 17.5 Å². The number of nitrogens with one attached hydrogen (secondary N) is 1. The van der Waals surface area contributed by atoms with Crippen LogP contribution in [0.4, 0.5) is 11.5 Å². The van der Waals surface area contributed by atoms with E-state index in [1.54, 1.807) is 4.68 Å². The predicted octanol–water partition coefficient (Wildman–Crippen LogP) is 4.10. The summed E-state index contributed by atoms with van der Waals surface area (Å²) < 4.78 is 1.63. The molecule has 0 unspecified atom stereocenters. The number of halogens is 1. The molecule has 0 amide bonds. The maximum atomic E-state index is 9.54. The van der Waals surface area contributed by atoms with Crippen molar-refractivity contribution in [3.05, 3.63) is 70.4 Å². The minimum atomic E-state index is 0. The lowest BCUT2D eigenvalue weighted by Gasteiger charge is -2.08. The molecule has 2 aromatic carbocycles. The maximum absolute atomic E-state index is 9.54. The van der Waals surface area contributed by atoms with Gasteiger partial charge in [0.15, 0.2) is 5.96 Å². The number of nitrogen functional groups attached to an aromatic ring is 1. The number of rotatable bonds is 6. The van der Waals surface area contributed by atoms with Crippen LogP contribution >= 0.6 is 24.0 Å². The van der Waals surface area contributed by atoms with Gasteiger partial charge in [-0.15, -0.1) is 24.0 Å². The van der Waals surface area contributed by atoms with Crippen molar-refractivity contribution in [1.29, 1.82) is 5.26 Å². The van der Waals surface area contributed by atoms with E-state index >= 15 is 0 Å². The predicted molar refractivity (Wildman–Crippen MR) is 140 cm³/mol. The van der Waals surface area contributed by atoms with Crippen molar-refractivity contribution in [2.24, 2.45) is 10.7 Å². The van der Waals surface area contributed by atoms with Gasteiger partial charge in [0.2, 0.25) is 0 Å². The molecule has 8 heteroatoms. The molecule has 7 nitrogen and oxygen atoms in total. The molecule has 0 atom stereocenters. The monoisotopic (exact) mass is 541 g/mol. The molecule has 1 aromatic heterocycles. The van der Waals surface area contributed by atoms with Crippen molar-refractivity contribution in [1.82, 2.24) is 9.78 Å². The second-order valence-electron chi connectivity index (χ2n) is 7.90. The van der Waals surface area contributed by atoms with Gasteiger partial charge in [0.05, 0.1) is 11.4 Å². The Hall–Kier alpha value is -3.06. The highest BCUT2D eigenvalue weighted by atomic mass is 127. The molecular formula is C24H28IN7. The Balaban J connectivity index is 0.00000289. The normalized spacial score (nSPS) is 12.7. The number of anilines is 2. The molecule has 0 fully saturated rings. The number of aryl methyl sites for hydroxylation is 4. The van der Waals surface area contributed by atoms with Gasteiger partial charge in [-0.2, -0.15) is 10.4 Å². The molecule has 0 spiro atoms. The highest BCUT2D eigenvalue weighted by Crippen LogP contribution is 2.25. The smallest absolute Gasteiger partial charge is 0.193 e. The molecule has 0 aliphatic heterocycles. The summed E-state index contributed by atoms with van der Waals surface area (Å²) in [5.74, 6) is 0.755. The molecule has 166 valence electrons. The number of hydrogen-bond acceptors (Lipinski definition) is 4. The van der Waals surface area contributed by atoms with Crippen LogP contribution < -0.4 is 16.8 Å². The lowest BCUT2D eigenvalue weighted by atomic mass is 10.1. The first-order valence-electron chi connectivity index (χ1n) is 10.6. The number of hydrogen-bond donors (Lipinski definition) is 3. The topological polar surface area (TPSA) is 118 Å². The van der Waals surface area contributed by atoms with E-state index in [-0.39, 0.29) is 24.0 Å². The number of aliphatic imine (C=N–C) groups is 1. The van der Waals surface area contributed by atoms with Crippen molar-refractivity contribution in [2.45, 2.75) is 39.0 Å². The minimum absolute atomic E-state index is 0. The number of aromatic nitrogens is 2. The molecule has 3 aromatic rings. The van der Waals surface area contributed by atoms with E-state index in [0.29, 0.717) is 42.4 Å². The average molecular weight is 541 g/mol. The average Bonchev–Trinajstić information content (AvgIpc) is 3.35. The molecule has 0 radical (unpaired) electrons. The van der Waals surface area contributed by atoms with Gasteiger partial charge in [-0.1, -0.05) is 23.8 Å². The standard InChI is InChI=1S/C24H27N7.HI/c1-16-7-11-20(12-8-16)31-23(26)21(15-25)22(30-31)6-3-13-28-24(27)29-19-10-9-17-4-2-5-18(17)14-19;/h7-12,14H,2-6,13,26H2,1H3,(H3,27,28,29);1H. The third-order valence-electron chi connectivity index (χ3n) is 5.61. The summed E-state index contributed by atoms with van der Waals surface area (Å²) in [5.41, 5.74) is 19.1. The van der Waals surface area contributed by atoms with Crippen LogP contribution in [0.1, 0.15) is 40.8 Å². The second-order valence-corrected chi connectivity index (χ2v) is 7.90. The molecule has 32 heavy (non-hydrogen) atoms. The van der Waals surface area contributed by atoms with Gasteiger partial charge < -0.3 is 16.8 Å². The Labute approximate surface area is 205 Å². The summed E-state index contributed by atoms with van der Waals surface area (Å²) in [6.45, 7) is 2.56. The number of guanidine groups is 1. The minimum Gasteiger partial charge on any atom is -0.382 e. The first kappa shape index (κ1) is 23.6. The third kappa shape index (κ3) is 5.22. The second kappa shape index (κ2) is 10.5. The lowest BCUT2D eigenvalue weighted by molar-refractivity contribution is 0.776. The summed E-state index contributed by atoms with van der Waals surface area (Å²) in [6, 6.07) is 16.4. The van der Waals surface area contributed by atoms with Crippen LogP contribution in [0.25, 0.3) is 5.69 Å². The van der Waals surface area contributed by atoms with Gasteiger partial charge in [-0.3, -0.25) is 4.99 Å². The molecule has 0 bridgehead atoms. The zero-order chi connectivity index (χ0) is 21.8. The van der Waals surface area contributed by atoms with Crippen LogP contribution in [0.3, 0.4) is 0 Å². The Morgan fingerprint density at radius 3 is 2.69 bits per heavy atom. The number of fused-ring (bicyclic) bond motifs is 1. The molecule has 1 aliphatic carbocycles. The summed E-state index contributed by atoms with van der Waals surface area (Å²) in [7, 11) is 0. The molecule has 1 aliphatic rings. The molecule has 0 saturated heterocycles. The quantitative estimate of drug-likeness (QED) is 0.188. The number of nitriles is 1. The summed E-state index contributed by atoms with van der Waals surface area (Å²) in [5, 5.41) is 17.3. The van der Waals surface area contributed by atoms with E-state index in [1.165, 1.54) is 17.5 Å². The number of benzene rings is 2. The van der Waals surface area contributed by atoms with Crippen molar-refractivity contribution in [2.75, 3.05) is 17.6 Å². The highest BCUT2D eigenvalue weighted by Gasteiger charge is 2.16. The molecular weight excluding hydrogens is 513 g/mol. The summed E-state index contributed by atoms with van der Waals surface area (Å²) in [6.07, 6.45) is 4.82. The van der Waals surface area contributed by atoms with Crippen LogP contribution in [-0.4, -0.2) is 22.3 Å². The fourth-order valence-electron chi connectivity index (χ4n) is 3.94. The highest BCUT2D eigenvalue weighted by molar-refractivity contribution is 14.0. The number of nitrogens with zero attached hydrogens (tertiary/aromatic N) is 4. The maximum Gasteiger partial charge on any atom is 0.193 e. The zero-order valence-corrected chi connectivity index (χ0v) is 20.5. The van der Waals surface area contributed by atoms with E-state index in [1.807, 2.05) is 37.3 Å². The van der Waals surface area contributed by atoms with Crippen LogP contribution in [0, 0.1) is 18.3 Å². The Bertz CT molecular complexity index is 1160. The van der Waals surface area contributed by atoms with E-state index < -0.39 is 0 Å². The van der Waals surface area contributed by atoms with E-state index in [9.17, 15) is 5.26 Å². The van der Waals surface area contributed by atoms with E-state index in [0.717, 1.165) is 29.8 Å². The summed E-state index contributed by atoms with van der Waals surface area (Å²) in [4.78, 5) is 4.42. The van der Waals surface area contributed by atoms with Crippen LogP contribution in [0.5, 0.6) is 0 Å². The van der Waals surface area contributed by atoms with Crippen LogP contribution in [0.15, 0.2) is 47.5 Å². The van der Waals surface area contributed by atoms with E-state index in [2.05, 4.69) is 33.6 Å². The summed E-state index contributed by atoms with van der Waals surface area (Å²) >= 11 is 0. The van der Waals surface area contributed by atoms with Gasteiger partial charge in [-0.05, 0) is 74.4 Å². The van der Waals surface area contributed by atoms with Crippen molar-refractivity contribution < 1.29 is 0 Å². The zero-order valence-electron chi connectivity index (χ0n) is 18.1. The Morgan fingerprint density at radius 2 is 1.94 bits per heavy atom. The number of nitrogens with two attached hydrogens (primary N) is 2. The van der Waals surface area contributed by atoms with Gasteiger partial charge in [0, 0.05) is 12.2 Å². The SMILES string of the molecule is Cc1ccc(-n2nc(CCCN=C(N)Nc3ccc4c(c3)CCC4)c(C#N)c2N)cc1.I. The third-order valence-corrected chi connectivity index (χ3v) is 5.61. The molecule has 5 N–H and O–H groups in total. The lowest BCUT2D eigenvalue weighted by Crippen LogP contribution is -2.23. The van der Waals surface area contributed by atoms with Gasteiger partial charge in [-0.25, -0.2) is 4.68 Å². The van der Waals surface area contributed by atoms with Crippen molar-refractivity contribution >= 4 is 41.4 Å². The first-order valence-corrected chi connectivity index (χ1v) is 10.6. The molecule has 4 rings (SSSR count). The van der Waals surface area contributed by atoms with Gasteiger partial charge >= 0.3 is 0 Å². The van der Waals surface area contributed by atoms with E-state index in [4.69, 9.17) is 11.5 Å².